The normalized spacial score (nSPS) is 11.2. The van der Waals surface area contributed by atoms with Crippen LogP contribution in [0.4, 0.5) is 17.1 Å². The zero-order valence-corrected chi connectivity index (χ0v) is 29.8. The largest absolute Gasteiger partial charge is 0.308 e. The molecule has 6 heteroatoms. The number of aromatic nitrogens is 3. The number of hydrogen-bond donors (Lipinski definition) is 0. The maximum atomic E-state index is 8.48. The summed E-state index contributed by atoms with van der Waals surface area (Å²) in [5.41, 5.74) is 13.2. The van der Waals surface area contributed by atoms with E-state index >= 15 is 0 Å². The summed E-state index contributed by atoms with van der Waals surface area (Å²) in [6, 6.07) is 53.4. The maximum Gasteiger partial charge on any atom is 0.197 e. The highest BCUT2D eigenvalue weighted by molar-refractivity contribution is 6.13. The second-order valence-electron chi connectivity index (χ2n) is 13.7. The van der Waals surface area contributed by atoms with Crippen LogP contribution in [0.25, 0.3) is 103 Å². The molecule has 7 aromatic carbocycles. The van der Waals surface area contributed by atoms with Gasteiger partial charge in [0.05, 0.1) is 53.2 Å². The zero-order chi connectivity index (χ0) is 37.8. The SMILES string of the molecule is [C-]#[N+]c1cccc(-c2ccc3c4ccccc4n(-c4cc([N+]#[C-])c(-c5ccncc5)cc4-n4c5ccccc5c5ccc(-c6cccc([N+]#[C-])c6)cc54)c3c2)c1. The Morgan fingerprint density at radius 1 is 0.375 bits per heavy atom. The minimum absolute atomic E-state index is 0.527. The molecule has 0 fully saturated rings. The third-order valence-electron chi connectivity index (χ3n) is 10.7. The van der Waals surface area contributed by atoms with E-state index in [9.17, 15) is 0 Å². The van der Waals surface area contributed by atoms with Gasteiger partial charge in [0.15, 0.2) is 17.1 Å². The van der Waals surface area contributed by atoms with Gasteiger partial charge >= 0.3 is 0 Å². The van der Waals surface area contributed by atoms with Crippen molar-refractivity contribution in [2.75, 3.05) is 0 Å². The van der Waals surface area contributed by atoms with Crippen molar-refractivity contribution in [2.45, 2.75) is 0 Å². The van der Waals surface area contributed by atoms with Crippen LogP contribution in [0.3, 0.4) is 0 Å². The summed E-state index contributed by atoms with van der Waals surface area (Å²) in [5, 5.41) is 4.39. The van der Waals surface area contributed by atoms with Crippen LogP contribution < -0.4 is 0 Å². The van der Waals surface area contributed by atoms with Crippen LogP contribution in [0.5, 0.6) is 0 Å². The second kappa shape index (κ2) is 13.0. The van der Waals surface area contributed by atoms with Crippen molar-refractivity contribution >= 4 is 60.7 Å². The van der Waals surface area contributed by atoms with Crippen LogP contribution in [0.2, 0.25) is 0 Å². The molecule has 10 aromatic rings. The molecule has 0 radical (unpaired) electrons. The van der Waals surface area contributed by atoms with Gasteiger partial charge in [-0.2, -0.15) is 0 Å². The molecule has 0 unspecified atom stereocenters. The van der Waals surface area contributed by atoms with Crippen LogP contribution in [0, 0.1) is 19.7 Å². The number of hydrogen-bond acceptors (Lipinski definition) is 1. The molecule has 258 valence electrons. The molecule has 0 amide bonds. The number of benzene rings is 7. The molecule has 0 N–H and O–H groups in total. The first-order valence-electron chi connectivity index (χ1n) is 18.1. The van der Waals surface area contributed by atoms with E-state index in [-0.39, 0.29) is 0 Å². The Hall–Kier alpha value is -8.24. The van der Waals surface area contributed by atoms with Gasteiger partial charge in [0.1, 0.15) is 0 Å². The van der Waals surface area contributed by atoms with Crippen LogP contribution in [0.15, 0.2) is 170 Å². The van der Waals surface area contributed by atoms with Crippen molar-refractivity contribution in [1.29, 1.82) is 0 Å². The van der Waals surface area contributed by atoms with Crippen molar-refractivity contribution in [2.24, 2.45) is 0 Å². The third kappa shape index (κ3) is 5.12. The van der Waals surface area contributed by atoms with Crippen molar-refractivity contribution in [3.05, 3.63) is 204 Å². The lowest BCUT2D eigenvalue weighted by Crippen LogP contribution is -2.04. The van der Waals surface area contributed by atoms with Crippen LogP contribution in [0.1, 0.15) is 0 Å². The quantitative estimate of drug-likeness (QED) is 0.164. The van der Waals surface area contributed by atoms with E-state index in [1.807, 2.05) is 66.7 Å². The Morgan fingerprint density at radius 3 is 1.38 bits per heavy atom. The predicted molar refractivity (Wildman–Crippen MR) is 228 cm³/mol. The molecule has 0 saturated heterocycles. The maximum absolute atomic E-state index is 8.48. The highest BCUT2D eigenvalue weighted by Gasteiger charge is 2.23. The average molecular weight is 713 g/mol. The van der Waals surface area contributed by atoms with Gasteiger partial charge in [0.2, 0.25) is 0 Å². The fourth-order valence-corrected chi connectivity index (χ4v) is 8.11. The van der Waals surface area contributed by atoms with E-state index in [0.717, 1.165) is 88.4 Å². The van der Waals surface area contributed by atoms with Gasteiger partial charge in [-0.05, 0) is 94.0 Å². The van der Waals surface area contributed by atoms with E-state index in [4.69, 9.17) is 19.7 Å². The molecule has 10 rings (SSSR count). The minimum Gasteiger partial charge on any atom is -0.308 e. The van der Waals surface area contributed by atoms with Crippen LogP contribution >= 0.6 is 0 Å². The number of para-hydroxylation sites is 2. The molecule has 56 heavy (non-hydrogen) atoms. The standard InChI is InChI=1S/C50H28N6/c1-51-37-12-8-10-33(26-37)35-18-20-41-39-14-4-6-16-45(39)55(47(41)28-35)49-30-43(32-22-24-54-25-23-32)44(53-3)31-50(49)56-46-17-7-5-15-40(46)42-21-19-36(29-48(42)56)34-11-9-13-38(27-34)52-2/h4-31H. The van der Waals surface area contributed by atoms with E-state index in [0.29, 0.717) is 17.1 Å². The molecule has 0 bridgehead atoms. The number of rotatable bonds is 5. The van der Waals surface area contributed by atoms with E-state index in [2.05, 4.69) is 120 Å². The van der Waals surface area contributed by atoms with Gasteiger partial charge in [-0.3, -0.25) is 4.98 Å². The van der Waals surface area contributed by atoms with E-state index in [1.54, 1.807) is 12.4 Å². The van der Waals surface area contributed by atoms with Crippen LogP contribution in [-0.2, 0) is 0 Å². The molecule has 0 spiro atoms. The molecule has 6 nitrogen and oxygen atoms in total. The molecular formula is C50H28N6. The topological polar surface area (TPSA) is 35.8 Å². The highest BCUT2D eigenvalue weighted by Crippen LogP contribution is 2.44. The first-order chi connectivity index (χ1) is 27.6. The Labute approximate surface area is 322 Å². The second-order valence-corrected chi connectivity index (χ2v) is 13.7. The summed E-state index contributed by atoms with van der Waals surface area (Å²) < 4.78 is 4.61. The summed E-state index contributed by atoms with van der Waals surface area (Å²) in [7, 11) is 0. The van der Waals surface area contributed by atoms with Crippen molar-refractivity contribution < 1.29 is 0 Å². The first-order valence-corrected chi connectivity index (χ1v) is 18.1. The number of nitrogens with zero attached hydrogens (tertiary/aromatic N) is 6. The van der Waals surface area contributed by atoms with Gasteiger partial charge in [0.25, 0.3) is 0 Å². The lowest BCUT2D eigenvalue weighted by Gasteiger charge is -2.20. The lowest BCUT2D eigenvalue weighted by molar-refractivity contribution is 1.10. The molecule has 0 aliphatic carbocycles. The lowest BCUT2D eigenvalue weighted by atomic mass is 10.0. The summed E-state index contributed by atoms with van der Waals surface area (Å²) in [6.07, 6.45) is 3.52. The molecular weight excluding hydrogens is 685 g/mol. The number of fused-ring (bicyclic) bond motifs is 6. The highest BCUT2D eigenvalue weighted by atomic mass is 15.1. The van der Waals surface area contributed by atoms with Gasteiger partial charge in [-0.25, -0.2) is 14.5 Å². The van der Waals surface area contributed by atoms with Crippen molar-refractivity contribution in [3.8, 4) is 44.8 Å². The summed E-state index contributed by atoms with van der Waals surface area (Å²) in [6.45, 7) is 23.8. The van der Waals surface area contributed by atoms with Crippen LogP contribution in [-0.4, -0.2) is 14.1 Å². The number of pyridine rings is 1. The first kappa shape index (κ1) is 32.4. The molecule has 0 atom stereocenters. The molecule has 3 aromatic heterocycles. The van der Waals surface area contributed by atoms with E-state index in [1.165, 1.54) is 0 Å². The fourth-order valence-electron chi connectivity index (χ4n) is 8.11. The molecule has 0 aliphatic heterocycles. The zero-order valence-electron chi connectivity index (χ0n) is 29.8. The Kier molecular flexibility index (Phi) is 7.53. The summed E-state index contributed by atoms with van der Waals surface area (Å²) in [4.78, 5) is 15.8. The van der Waals surface area contributed by atoms with Gasteiger partial charge in [0, 0.05) is 33.9 Å². The Balaban J connectivity index is 1.35. The van der Waals surface area contributed by atoms with E-state index < -0.39 is 0 Å². The van der Waals surface area contributed by atoms with Gasteiger partial charge in [-0.1, -0.05) is 97.1 Å². The smallest absolute Gasteiger partial charge is 0.197 e. The fraction of sp³-hybridized carbons (Fsp3) is 0. The summed E-state index contributed by atoms with van der Waals surface area (Å²) in [5.74, 6) is 0. The Bertz CT molecular complexity index is 3350. The monoisotopic (exact) mass is 712 g/mol. The summed E-state index contributed by atoms with van der Waals surface area (Å²) >= 11 is 0. The Morgan fingerprint density at radius 2 is 0.857 bits per heavy atom. The minimum atomic E-state index is 0.527. The molecule has 0 saturated carbocycles. The average Bonchev–Trinajstić information content (AvgIpc) is 3.78. The van der Waals surface area contributed by atoms with Gasteiger partial charge < -0.3 is 9.13 Å². The van der Waals surface area contributed by atoms with Crippen molar-refractivity contribution in [1.82, 2.24) is 14.1 Å². The molecule has 3 heterocycles. The van der Waals surface area contributed by atoms with Crippen molar-refractivity contribution in [3.63, 3.8) is 0 Å². The third-order valence-corrected chi connectivity index (χ3v) is 10.7. The van der Waals surface area contributed by atoms with Gasteiger partial charge in [-0.15, -0.1) is 0 Å². The predicted octanol–water partition coefficient (Wildman–Crippen LogP) is 13.9. The molecule has 0 aliphatic rings.